The Kier molecular flexibility index (Phi) is 2.85. The fourth-order valence-electron chi connectivity index (χ4n) is 2.75. The highest BCUT2D eigenvalue weighted by Crippen LogP contribution is 2.38. The minimum absolute atomic E-state index is 0.310. The van der Waals surface area contributed by atoms with Crippen molar-refractivity contribution in [2.24, 2.45) is 0 Å². The first-order chi connectivity index (χ1) is 9.29. The standard InChI is InChI=1S/C16H15N3/c17-10-11-5-6-13(15(18)9-11)12-7-8-19-16-4-2-1-3-14(12)16/h1-6,9,12,19H,7-8,18H2. The normalized spacial score (nSPS) is 17.1. The molecule has 0 bridgehead atoms. The highest BCUT2D eigenvalue weighted by atomic mass is 14.9. The Bertz CT molecular complexity index is 655. The van der Waals surface area contributed by atoms with Crippen molar-refractivity contribution in [1.82, 2.24) is 0 Å². The Balaban J connectivity index is 2.07. The van der Waals surface area contributed by atoms with Crippen LogP contribution < -0.4 is 11.1 Å². The van der Waals surface area contributed by atoms with Crippen LogP contribution in [0.25, 0.3) is 0 Å². The van der Waals surface area contributed by atoms with E-state index in [2.05, 4.69) is 29.6 Å². The molecule has 3 rings (SSSR count). The number of nitrogen functional groups attached to an aromatic ring is 1. The monoisotopic (exact) mass is 249 g/mol. The maximum Gasteiger partial charge on any atom is 0.0992 e. The lowest BCUT2D eigenvalue weighted by molar-refractivity contribution is 0.722. The Labute approximate surface area is 112 Å². The van der Waals surface area contributed by atoms with Gasteiger partial charge in [-0.3, -0.25) is 0 Å². The SMILES string of the molecule is N#Cc1ccc(C2CCNc3ccccc32)c(N)c1. The maximum absolute atomic E-state index is 8.91. The summed E-state index contributed by atoms with van der Waals surface area (Å²) in [6, 6.07) is 16.1. The molecule has 3 N–H and O–H groups in total. The lowest BCUT2D eigenvalue weighted by Gasteiger charge is -2.28. The molecule has 0 saturated heterocycles. The summed E-state index contributed by atoms with van der Waals surface area (Å²) in [6.45, 7) is 0.946. The van der Waals surface area contributed by atoms with Crippen LogP contribution in [0.4, 0.5) is 11.4 Å². The number of nitrogens with zero attached hydrogens (tertiary/aromatic N) is 1. The van der Waals surface area contributed by atoms with Crippen molar-refractivity contribution >= 4 is 11.4 Å². The predicted molar refractivity (Wildman–Crippen MR) is 77.0 cm³/mol. The van der Waals surface area contributed by atoms with Crippen LogP contribution in [0, 0.1) is 11.3 Å². The highest BCUT2D eigenvalue weighted by molar-refractivity contribution is 5.62. The number of para-hydroxylation sites is 1. The van der Waals surface area contributed by atoms with Gasteiger partial charge < -0.3 is 11.1 Å². The lowest BCUT2D eigenvalue weighted by atomic mass is 9.84. The molecule has 1 aliphatic rings. The van der Waals surface area contributed by atoms with Gasteiger partial charge >= 0.3 is 0 Å². The summed E-state index contributed by atoms with van der Waals surface area (Å²) >= 11 is 0. The Morgan fingerprint density at radius 2 is 2.00 bits per heavy atom. The average Bonchev–Trinajstić information content (AvgIpc) is 2.46. The van der Waals surface area contributed by atoms with Crippen LogP contribution in [0.15, 0.2) is 42.5 Å². The molecule has 1 unspecified atom stereocenters. The van der Waals surface area contributed by atoms with Gasteiger partial charge in [0.15, 0.2) is 0 Å². The number of rotatable bonds is 1. The first-order valence-electron chi connectivity index (χ1n) is 6.42. The molecule has 0 amide bonds. The first-order valence-corrected chi connectivity index (χ1v) is 6.42. The van der Waals surface area contributed by atoms with E-state index in [0.717, 1.165) is 18.5 Å². The van der Waals surface area contributed by atoms with Crippen LogP contribution in [0.3, 0.4) is 0 Å². The Hall–Kier alpha value is -2.47. The van der Waals surface area contributed by atoms with Gasteiger partial charge in [-0.2, -0.15) is 5.26 Å². The van der Waals surface area contributed by atoms with Gasteiger partial charge in [0.25, 0.3) is 0 Å². The zero-order valence-electron chi connectivity index (χ0n) is 10.6. The number of benzene rings is 2. The second-order valence-corrected chi connectivity index (χ2v) is 4.81. The number of nitrogens with two attached hydrogens (primary N) is 1. The number of fused-ring (bicyclic) bond motifs is 1. The van der Waals surface area contributed by atoms with Crippen LogP contribution >= 0.6 is 0 Å². The van der Waals surface area contributed by atoms with E-state index in [1.54, 1.807) is 6.07 Å². The molecule has 2 aromatic rings. The summed E-state index contributed by atoms with van der Waals surface area (Å²) in [5, 5.41) is 12.3. The van der Waals surface area contributed by atoms with Crippen LogP contribution in [-0.4, -0.2) is 6.54 Å². The number of hydrogen-bond acceptors (Lipinski definition) is 3. The highest BCUT2D eigenvalue weighted by Gasteiger charge is 2.22. The number of hydrogen-bond donors (Lipinski definition) is 2. The summed E-state index contributed by atoms with van der Waals surface area (Å²) in [5.74, 6) is 0.310. The van der Waals surface area contributed by atoms with E-state index in [9.17, 15) is 0 Å². The van der Waals surface area contributed by atoms with E-state index in [1.165, 1.54) is 11.3 Å². The summed E-state index contributed by atoms with van der Waals surface area (Å²) < 4.78 is 0. The zero-order valence-corrected chi connectivity index (χ0v) is 10.6. The molecule has 3 heteroatoms. The van der Waals surface area contributed by atoms with Crippen LogP contribution in [-0.2, 0) is 0 Å². The van der Waals surface area contributed by atoms with Gasteiger partial charge in [0.05, 0.1) is 11.6 Å². The molecule has 0 aromatic heterocycles. The Morgan fingerprint density at radius 1 is 1.16 bits per heavy atom. The van der Waals surface area contributed by atoms with Crippen molar-refractivity contribution in [3.05, 3.63) is 59.2 Å². The predicted octanol–water partition coefficient (Wildman–Crippen LogP) is 3.09. The van der Waals surface area contributed by atoms with Gasteiger partial charge in [0.2, 0.25) is 0 Å². The van der Waals surface area contributed by atoms with E-state index < -0.39 is 0 Å². The molecule has 19 heavy (non-hydrogen) atoms. The van der Waals surface area contributed by atoms with Crippen molar-refractivity contribution in [1.29, 1.82) is 5.26 Å². The molecule has 0 spiro atoms. The van der Waals surface area contributed by atoms with Crippen molar-refractivity contribution in [2.45, 2.75) is 12.3 Å². The van der Waals surface area contributed by atoms with Gasteiger partial charge in [-0.1, -0.05) is 24.3 Å². The fourth-order valence-corrected chi connectivity index (χ4v) is 2.75. The third kappa shape index (κ3) is 2.02. The van der Waals surface area contributed by atoms with Gasteiger partial charge in [-0.05, 0) is 35.7 Å². The molecule has 94 valence electrons. The second kappa shape index (κ2) is 4.66. The molecule has 0 saturated carbocycles. The number of nitriles is 1. The van der Waals surface area contributed by atoms with E-state index in [0.29, 0.717) is 17.2 Å². The molecule has 1 atom stereocenters. The topological polar surface area (TPSA) is 61.8 Å². The smallest absolute Gasteiger partial charge is 0.0992 e. The minimum atomic E-state index is 0.310. The van der Waals surface area contributed by atoms with Crippen LogP contribution in [0.2, 0.25) is 0 Å². The fraction of sp³-hybridized carbons (Fsp3) is 0.188. The molecule has 0 fully saturated rings. The quantitative estimate of drug-likeness (QED) is 0.763. The molecular formula is C16H15N3. The third-order valence-electron chi connectivity index (χ3n) is 3.68. The average molecular weight is 249 g/mol. The van der Waals surface area contributed by atoms with Crippen molar-refractivity contribution in [3.8, 4) is 6.07 Å². The minimum Gasteiger partial charge on any atom is -0.398 e. The summed E-state index contributed by atoms with van der Waals surface area (Å²) in [4.78, 5) is 0. The number of anilines is 2. The van der Waals surface area contributed by atoms with Crippen LogP contribution in [0.5, 0.6) is 0 Å². The summed E-state index contributed by atoms with van der Waals surface area (Å²) in [5.41, 5.74) is 11.0. The van der Waals surface area contributed by atoms with E-state index in [4.69, 9.17) is 11.0 Å². The molecule has 1 aliphatic heterocycles. The van der Waals surface area contributed by atoms with Crippen molar-refractivity contribution in [3.63, 3.8) is 0 Å². The van der Waals surface area contributed by atoms with Crippen molar-refractivity contribution in [2.75, 3.05) is 17.6 Å². The molecular weight excluding hydrogens is 234 g/mol. The molecule has 2 aromatic carbocycles. The number of nitrogens with one attached hydrogen (secondary N) is 1. The van der Waals surface area contributed by atoms with E-state index in [1.807, 2.05) is 18.2 Å². The second-order valence-electron chi connectivity index (χ2n) is 4.81. The zero-order chi connectivity index (χ0) is 13.2. The van der Waals surface area contributed by atoms with Gasteiger partial charge in [0, 0.05) is 23.8 Å². The van der Waals surface area contributed by atoms with E-state index >= 15 is 0 Å². The molecule has 0 aliphatic carbocycles. The van der Waals surface area contributed by atoms with Gasteiger partial charge in [0.1, 0.15) is 0 Å². The van der Waals surface area contributed by atoms with Gasteiger partial charge in [-0.15, -0.1) is 0 Å². The summed E-state index contributed by atoms with van der Waals surface area (Å²) in [7, 11) is 0. The first kappa shape index (κ1) is 11.6. The molecule has 3 nitrogen and oxygen atoms in total. The Morgan fingerprint density at radius 3 is 2.79 bits per heavy atom. The van der Waals surface area contributed by atoms with Crippen LogP contribution in [0.1, 0.15) is 29.0 Å². The van der Waals surface area contributed by atoms with Gasteiger partial charge in [-0.25, -0.2) is 0 Å². The largest absolute Gasteiger partial charge is 0.398 e. The summed E-state index contributed by atoms with van der Waals surface area (Å²) in [6.07, 6.45) is 1.02. The maximum atomic E-state index is 8.91. The molecule has 1 heterocycles. The molecule has 0 radical (unpaired) electrons. The lowest BCUT2D eigenvalue weighted by Crippen LogP contribution is -2.18. The third-order valence-corrected chi connectivity index (χ3v) is 3.68. The van der Waals surface area contributed by atoms with E-state index in [-0.39, 0.29) is 0 Å². The van der Waals surface area contributed by atoms with Crippen molar-refractivity contribution < 1.29 is 0 Å².